The molecule has 0 spiro atoms. The highest BCUT2D eigenvalue weighted by Crippen LogP contribution is 2.30. The second-order valence-corrected chi connectivity index (χ2v) is 4.59. The molecule has 2 aromatic rings. The van der Waals surface area contributed by atoms with Crippen molar-refractivity contribution in [1.82, 2.24) is 9.78 Å². The van der Waals surface area contributed by atoms with Gasteiger partial charge in [0.05, 0.1) is 20.8 Å². The summed E-state index contributed by atoms with van der Waals surface area (Å²) in [4.78, 5) is 22.4. The monoisotopic (exact) mass is 306 g/mol. The second-order valence-electron chi connectivity index (χ2n) is 3.37. The van der Waals surface area contributed by atoms with E-state index in [1.165, 1.54) is 12.1 Å². The first kappa shape index (κ1) is 13.0. The summed E-state index contributed by atoms with van der Waals surface area (Å²) in [6.45, 7) is 0. The largest absolute Gasteiger partial charge is 0.477 e. The summed E-state index contributed by atoms with van der Waals surface area (Å²) in [5.41, 5.74) is -0.585. The van der Waals surface area contributed by atoms with Gasteiger partial charge in [0, 0.05) is 6.07 Å². The van der Waals surface area contributed by atoms with Crippen molar-refractivity contribution in [3.05, 3.63) is 49.3 Å². The average Bonchev–Trinajstić information content (AvgIpc) is 2.66. The van der Waals surface area contributed by atoms with E-state index in [1.807, 2.05) is 0 Å². The zero-order chi connectivity index (χ0) is 13.4. The molecule has 1 heterocycles. The maximum absolute atomic E-state index is 11.6. The predicted molar refractivity (Wildman–Crippen MR) is 68.4 cm³/mol. The molecule has 8 heteroatoms. The van der Waals surface area contributed by atoms with Crippen LogP contribution in [0, 0.1) is 0 Å². The van der Waals surface area contributed by atoms with Crippen LogP contribution < -0.4 is 5.56 Å². The van der Waals surface area contributed by atoms with E-state index in [4.69, 9.17) is 39.9 Å². The molecular weight excluding hydrogens is 302 g/mol. The van der Waals surface area contributed by atoms with Crippen LogP contribution in [-0.2, 0) is 0 Å². The molecule has 0 amide bonds. The molecule has 5 nitrogen and oxygen atoms in total. The van der Waals surface area contributed by atoms with Crippen LogP contribution in [0.4, 0.5) is 0 Å². The summed E-state index contributed by atoms with van der Waals surface area (Å²) < 4.78 is 0.980. The molecule has 0 unspecified atom stereocenters. The van der Waals surface area contributed by atoms with E-state index >= 15 is 0 Å². The molecule has 0 aliphatic rings. The van der Waals surface area contributed by atoms with Crippen LogP contribution in [0.3, 0.4) is 0 Å². The fourth-order valence-electron chi connectivity index (χ4n) is 1.37. The number of aromatic nitrogens is 2. The van der Waals surface area contributed by atoms with Gasteiger partial charge in [0.25, 0.3) is 5.56 Å². The minimum absolute atomic E-state index is 0.172. The number of aromatic carboxylic acids is 1. The molecule has 0 saturated heterocycles. The Balaban J connectivity index is 2.66. The fourth-order valence-corrected chi connectivity index (χ4v) is 1.99. The number of nitrogens with zero attached hydrogens (tertiary/aromatic N) is 1. The number of hydrogen-bond donors (Lipinski definition) is 2. The van der Waals surface area contributed by atoms with Crippen LogP contribution in [-0.4, -0.2) is 20.9 Å². The van der Waals surface area contributed by atoms with Crippen molar-refractivity contribution in [2.75, 3.05) is 0 Å². The van der Waals surface area contributed by atoms with Crippen molar-refractivity contribution >= 4 is 40.8 Å². The van der Waals surface area contributed by atoms with Gasteiger partial charge in [-0.3, -0.25) is 9.89 Å². The minimum Gasteiger partial charge on any atom is -0.477 e. The van der Waals surface area contributed by atoms with Crippen molar-refractivity contribution in [2.24, 2.45) is 0 Å². The molecule has 0 aliphatic heterocycles. The van der Waals surface area contributed by atoms with Gasteiger partial charge in [-0.2, -0.15) is 0 Å². The smallest absolute Gasteiger partial charge is 0.353 e. The summed E-state index contributed by atoms with van der Waals surface area (Å²) >= 11 is 17.5. The highest BCUT2D eigenvalue weighted by atomic mass is 35.5. The quantitative estimate of drug-likeness (QED) is 0.838. The van der Waals surface area contributed by atoms with Gasteiger partial charge in [0.15, 0.2) is 0 Å². The lowest BCUT2D eigenvalue weighted by Gasteiger charge is -2.06. The molecule has 1 aromatic heterocycles. The number of halogens is 3. The topological polar surface area (TPSA) is 75.1 Å². The Hall–Kier alpha value is -1.43. The number of benzene rings is 1. The van der Waals surface area contributed by atoms with Crippen LogP contribution >= 0.6 is 34.8 Å². The summed E-state index contributed by atoms with van der Waals surface area (Å²) in [5.74, 6) is -1.25. The normalized spacial score (nSPS) is 10.6. The fraction of sp³-hybridized carbons (Fsp3) is 0. The van der Waals surface area contributed by atoms with Gasteiger partial charge < -0.3 is 5.11 Å². The number of carboxylic acid groups (broad SMARTS) is 1. The number of carbonyl (C=O) groups is 1. The summed E-state index contributed by atoms with van der Waals surface area (Å²) in [6.07, 6.45) is 0. The second kappa shape index (κ2) is 4.68. The maximum atomic E-state index is 11.6. The lowest BCUT2D eigenvalue weighted by atomic mass is 10.3. The predicted octanol–water partition coefficient (Wildman–Crippen LogP) is 2.82. The molecule has 0 atom stereocenters. The van der Waals surface area contributed by atoms with Crippen molar-refractivity contribution < 1.29 is 9.90 Å². The minimum atomic E-state index is -1.25. The highest BCUT2D eigenvalue weighted by molar-refractivity contribution is 6.43. The lowest BCUT2D eigenvalue weighted by molar-refractivity contribution is 0.0690. The SMILES string of the molecule is O=C(O)c1cc(=O)n(-c2cc(Cl)c(Cl)cc2Cl)[nH]1. The third-order valence-corrected chi connectivity index (χ3v) is 3.21. The first-order valence-corrected chi connectivity index (χ1v) is 5.74. The van der Waals surface area contributed by atoms with E-state index in [0.29, 0.717) is 0 Å². The summed E-state index contributed by atoms with van der Waals surface area (Å²) in [6, 6.07) is 3.69. The Morgan fingerprint density at radius 3 is 2.28 bits per heavy atom. The average molecular weight is 308 g/mol. The number of aromatic amines is 1. The molecule has 94 valence electrons. The van der Waals surface area contributed by atoms with Crippen LogP contribution in [0.1, 0.15) is 10.5 Å². The van der Waals surface area contributed by atoms with Crippen molar-refractivity contribution in [3.63, 3.8) is 0 Å². The van der Waals surface area contributed by atoms with Gasteiger partial charge in [-0.1, -0.05) is 34.8 Å². The number of carboxylic acids is 1. The van der Waals surface area contributed by atoms with Crippen LogP contribution in [0.5, 0.6) is 0 Å². The standard InChI is InChI=1S/C10H5Cl3N2O3/c11-4-1-6(13)8(2-5(4)12)15-9(16)3-7(14-15)10(17)18/h1-3,14H,(H,17,18). The zero-order valence-corrected chi connectivity index (χ0v) is 10.8. The number of H-pyrrole nitrogens is 1. The zero-order valence-electron chi connectivity index (χ0n) is 8.58. The lowest BCUT2D eigenvalue weighted by Crippen LogP contribution is -2.14. The number of rotatable bonds is 2. The van der Waals surface area contributed by atoms with Crippen LogP contribution in [0.25, 0.3) is 5.69 Å². The van der Waals surface area contributed by atoms with Crippen molar-refractivity contribution in [3.8, 4) is 5.69 Å². The molecule has 0 radical (unpaired) electrons. The van der Waals surface area contributed by atoms with E-state index in [2.05, 4.69) is 5.10 Å². The molecule has 2 N–H and O–H groups in total. The van der Waals surface area contributed by atoms with Gasteiger partial charge in [-0.25, -0.2) is 9.48 Å². The number of hydrogen-bond acceptors (Lipinski definition) is 2. The molecule has 2 rings (SSSR count). The molecule has 0 fully saturated rings. The van der Waals surface area contributed by atoms with Gasteiger partial charge in [0.2, 0.25) is 0 Å². The summed E-state index contributed by atoms with van der Waals surface area (Å²) in [7, 11) is 0. The Morgan fingerprint density at radius 2 is 1.72 bits per heavy atom. The molecular formula is C10H5Cl3N2O3. The Morgan fingerprint density at radius 1 is 1.11 bits per heavy atom. The summed E-state index contributed by atoms with van der Waals surface area (Å²) in [5, 5.41) is 11.8. The van der Waals surface area contributed by atoms with E-state index in [1.54, 1.807) is 0 Å². The van der Waals surface area contributed by atoms with E-state index in [9.17, 15) is 9.59 Å². The number of nitrogens with one attached hydrogen (secondary N) is 1. The van der Waals surface area contributed by atoms with Gasteiger partial charge in [-0.05, 0) is 12.1 Å². The third kappa shape index (κ3) is 2.25. The Kier molecular flexibility index (Phi) is 3.38. The Bertz CT molecular complexity index is 690. The maximum Gasteiger partial charge on any atom is 0.353 e. The first-order valence-electron chi connectivity index (χ1n) is 4.60. The molecule has 1 aromatic carbocycles. The molecule has 0 bridgehead atoms. The van der Waals surface area contributed by atoms with Gasteiger partial charge in [-0.15, -0.1) is 0 Å². The molecule has 0 aliphatic carbocycles. The van der Waals surface area contributed by atoms with Crippen LogP contribution in [0.2, 0.25) is 15.1 Å². The first-order chi connectivity index (χ1) is 8.40. The van der Waals surface area contributed by atoms with E-state index < -0.39 is 11.5 Å². The highest BCUT2D eigenvalue weighted by Gasteiger charge is 2.14. The van der Waals surface area contributed by atoms with Gasteiger partial charge in [0.1, 0.15) is 5.69 Å². The van der Waals surface area contributed by atoms with E-state index in [0.717, 1.165) is 10.7 Å². The van der Waals surface area contributed by atoms with Gasteiger partial charge >= 0.3 is 5.97 Å². The van der Waals surface area contributed by atoms with Crippen LogP contribution in [0.15, 0.2) is 23.0 Å². The Labute approximate surface area is 115 Å². The van der Waals surface area contributed by atoms with Crippen molar-refractivity contribution in [2.45, 2.75) is 0 Å². The molecule has 0 saturated carbocycles. The van der Waals surface area contributed by atoms with E-state index in [-0.39, 0.29) is 26.4 Å². The molecule has 18 heavy (non-hydrogen) atoms. The van der Waals surface area contributed by atoms with Crippen molar-refractivity contribution in [1.29, 1.82) is 0 Å². The third-order valence-electron chi connectivity index (χ3n) is 2.18.